The molecule has 90 valence electrons. The Balaban J connectivity index is 2.07. The standard InChI is InChI=1S/C14H22O2/c1-4-11-6-10-7-12(11)13(8-10)14(5-2)16-9(3)15/h4,10,12-14H,5-8H2,1-3H3. The van der Waals surface area contributed by atoms with Crippen LogP contribution < -0.4 is 0 Å². The van der Waals surface area contributed by atoms with Crippen molar-refractivity contribution in [3.8, 4) is 0 Å². The van der Waals surface area contributed by atoms with Crippen LogP contribution in [0.5, 0.6) is 0 Å². The number of carbonyl (C=O) groups is 1. The van der Waals surface area contributed by atoms with Crippen molar-refractivity contribution in [2.75, 3.05) is 0 Å². The molecule has 0 spiro atoms. The van der Waals surface area contributed by atoms with Gasteiger partial charge in [0.05, 0.1) is 0 Å². The van der Waals surface area contributed by atoms with Crippen molar-refractivity contribution in [1.29, 1.82) is 0 Å². The van der Waals surface area contributed by atoms with E-state index in [2.05, 4.69) is 19.9 Å². The molecule has 0 aromatic heterocycles. The molecule has 2 bridgehead atoms. The van der Waals surface area contributed by atoms with Crippen LogP contribution in [0.4, 0.5) is 0 Å². The quantitative estimate of drug-likeness (QED) is 0.541. The van der Waals surface area contributed by atoms with Gasteiger partial charge >= 0.3 is 5.97 Å². The van der Waals surface area contributed by atoms with Gasteiger partial charge in [-0.15, -0.1) is 0 Å². The van der Waals surface area contributed by atoms with E-state index in [0.29, 0.717) is 11.8 Å². The molecule has 0 aromatic rings. The zero-order chi connectivity index (χ0) is 11.7. The molecule has 2 aliphatic carbocycles. The molecule has 0 aromatic carbocycles. The highest BCUT2D eigenvalue weighted by molar-refractivity contribution is 5.66. The van der Waals surface area contributed by atoms with E-state index in [1.165, 1.54) is 26.2 Å². The molecule has 4 atom stereocenters. The summed E-state index contributed by atoms with van der Waals surface area (Å²) in [7, 11) is 0. The maximum atomic E-state index is 11.1. The van der Waals surface area contributed by atoms with Gasteiger partial charge in [-0.2, -0.15) is 0 Å². The van der Waals surface area contributed by atoms with Crippen LogP contribution in [0.2, 0.25) is 0 Å². The molecule has 0 amide bonds. The highest BCUT2D eigenvalue weighted by Gasteiger charge is 2.46. The molecule has 0 N–H and O–H groups in total. The molecule has 2 fully saturated rings. The number of rotatable bonds is 3. The first-order valence-corrected chi connectivity index (χ1v) is 6.48. The minimum atomic E-state index is -0.128. The Kier molecular flexibility index (Phi) is 3.36. The SMILES string of the molecule is CC=C1CC2CC1C(C(CC)OC(C)=O)C2. The van der Waals surface area contributed by atoms with E-state index in [1.54, 1.807) is 5.57 Å². The Hall–Kier alpha value is -0.790. The first kappa shape index (κ1) is 11.7. The van der Waals surface area contributed by atoms with Gasteiger partial charge in [0.25, 0.3) is 0 Å². The number of carbonyl (C=O) groups excluding carboxylic acids is 1. The topological polar surface area (TPSA) is 26.3 Å². The summed E-state index contributed by atoms with van der Waals surface area (Å²) in [6, 6.07) is 0. The first-order valence-electron chi connectivity index (χ1n) is 6.48. The van der Waals surface area contributed by atoms with Gasteiger partial charge in [0.2, 0.25) is 0 Å². The van der Waals surface area contributed by atoms with Crippen LogP contribution in [0.15, 0.2) is 11.6 Å². The summed E-state index contributed by atoms with van der Waals surface area (Å²) in [4.78, 5) is 11.1. The summed E-state index contributed by atoms with van der Waals surface area (Å²) in [6.45, 7) is 5.78. The van der Waals surface area contributed by atoms with Gasteiger partial charge in [-0.3, -0.25) is 4.79 Å². The molecule has 0 saturated heterocycles. The van der Waals surface area contributed by atoms with E-state index in [0.717, 1.165) is 12.3 Å². The van der Waals surface area contributed by atoms with Gasteiger partial charge in [-0.05, 0) is 44.4 Å². The lowest BCUT2D eigenvalue weighted by Gasteiger charge is -2.30. The molecular weight excluding hydrogens is 200 g/mol. The zero-order valence-electron chi connectivity index (χ0n) is 10.5. The third kappa shape index (κ3) is 2.02. The summed E-state index contributed by atoms with van der Waals surface area (Å²) < 4.78 is 5.46. The van der Waals surface area contributed by atoms with Gasteiger partial charge in [-0.1, -0.05) is 18.6 Å². The highest BCUT2D eigenvalue weighted by Crippen LogP contribution is 2.53. The predicted molar refractivity (Wildman–Crippen MR) is 63.9 cm³/mol. The monoisotopic (exact) mass is 222 g/mol. The van der Waals surface area contributed by atoms with Crippen LogP contribution in [0.3, 0.4) is 0 Å². The minimum Gasteiger partial charge on any atom is -0.462 e. The number of fused-ring (bicyclic) bond motifs is 2. The summed E-state index contributed by atoms with van der Waals surface area (Å²) >= 11 is 0. The van der Waals surface area contributed by atoms with Crippen LogP contribution in [0.25, 0.3) is 0 Å². The van der Waals surface area contributed by atoms with E-state index < -0.39 is 0 Å². The summed E-state index contributed by atoms with van der Waals surface area (Å²) in [5, 5.41) is 0. The average Bonchev–Trinajstić information content (AvgIpc) is 2.84. The third-order valence-electron chi connectivity index (χ3n) is 4.28. The third-order valence-corrected chi connectivity index (χ3v) is 4.28. The lowest BCUT2D eigenvalue weighted by molar-refractivity contribution is -0.150. The Morgan fingerprint density at radius 3 is 2.81 bits per heavy atom. The van der Waals surface area contributed by atoms with Crippen molar-refractivity contribution < 1.29 is 9.53 Å². The van der Waals surface area contributed by atoms with E-state index in [1.807, 2.05) is 0 Å². The lowest BCUT2D eigenvalue weighted by Crippen LogP contribution is -2.30. The molecule has 2 rings (SSSR count). The molecule has 2 nitrogen and oxygen atoms in total. The second-order valence-corrected chi connectivity index (χ2v) is 5.23. The summed E-state index contributed by atoms with van der Waals surface area (Å²) in [5.74, 6) is 2.00. The zero-order valence-corrected chi connectivity index (χ0v) is 10.5. The number of ether oxygens (including phenoxy) is 1. The van der Waals surface area contributed by atoms with Gasteiger partial charge in [0, 0.05) is 12.8 Å². The van der Waals surface area contributed by atoms with Crippen molar-refractivity contribution >= 4 is 5.97 Å². The van der Waals surface area contributed by atoms with E-state index in [-0.39, 0.29) is 12.1 Å². The average molecular weight is 222 g/mol. The van der Waals surface area contributed by atoms with Gasteiger partial charge in [0.15, 0.2) is 0 Å². The summed E-state index contributed by atoms with van der Waals surface area (Å²) in [5.41, 5.74) is 1.60. The van der Waals surface area contributed by atoms with Crippen LogP contribution in [0.1, 0.15) is 46.5 Å². The molecule has 4 unspecified atom stereocenters. The van der Waals surface area contributed by atoms with Gasteiger partial charge in [0.1, 0.15) is 6.10 Å². The number of esters is 1. The number of hydrogen-bond acceptors (Lipinski definition) is 2. The second kappa shape index (κ2) is 4.60. The van der Waals surface area contributed by atoms with Crippen LogP contribution in [0, 0.1) is 17.8 Å². The largest absolute Gasteiger partial charge is 0.462 e. The van der Waals surface area contributed by atoms with Gasteiger partial charge in [-0.25, -0.2) is 0 Å². The second-order valence-electron chi connectivity index (χ2n) is 5.23. The number of allylic oxidation sites excluding steroid dienone is 2. The fraction of sp³-hybridized carbons (Fsp3) is 0.786. The van der Waals surface area contributed by atoms with E-state index in [9.17, 15) is 4.79 Å². The molecule has 0 radical (unpaired) electrons. The molecule has 16 heavy (non-hydrogen) atoms. The van der Waals surface area contributed by atoms with E-state index in [4.69, 9.17) is 4.74 Å². The maximum Gasteiger partial charge on any atom is 0.302 e. The maximum absolute atomic E-state index is 11.1. The smallest absolute Gasteiger partial charge is 0.302 e. The fourth-order valence-electron chi connectivity index (χ4n) is 3.69. The van der Waals surface area contributed by atoms with Gasteiger partial charge < -0.3 is 4.74 Å². The summed E-state index contributed by atoms with van der Waals surface area (Å²) in [6.07, 6.45) is 7.23. The molecule has 0 aliphatic heterocycles. The molecular formula is C14H22O2. The predicted octanol–water partition coefficient (Wildman–Crippen LogP) is 3.32. The number of hydrogen-bond donors (Lipinski definition) is 0. The van der Waals surface area contributed by atoms with Crippen LogP contribution >= 0.6 is 0 Å². The lowest BCUT2D eigenvalue weighted by atomic mass is 9.80. The van der Waals surface area contributed by atoms with Crippen LogP contribution in [-0.4, -0.2) is 12.1 Å². The van der Waals surface area contributed by atoms with Crippen molar-refractivity contribution in [2.24, 2.45) is 17.8 Å². The van der Waals surface area contributed by atoms with E-state index >= 15 is 0 Å². The highest BCUT2D eigenvalue weighted by atomic mass is 16.5. The fourth-order valence-corrected chi connectivity index (χ4v) is 3.69. The minimum absolute atomic E-state index is 0.128. The Bertz CT molecular complexity index is 306. The van der Waals surface area contributed by atoms with Crippen molar-refractivity contribution in [3.63, 3.8) is 0 Å². The van der Waals surface area contributed by atoms with Crippen molar-refractivity contribution in [2.45, 2.75) is 52.6 Å². The van der Waals surface area contributed by atoms with Crippen molar-refractivity contribution in [1.82, 2.24) is 0 Å². The van der Waals surface area contributed by atoms with Crippen molar-refractivity contribution in [3.05, 3.63) is 11.6 Å². The molecule has 0 heterocycles. The molecule has 2 aliphatic rings. The van der Waals surface area contributed by atoms with Crippen LogP contribution in [-0.2, 0) is 9.53 Å². The Morgan fingerprint density at radius 2 is 2.31 bits per heavy atom. The Morgan fingerprint density at radius 1 is 1.56 bits per heavy atom. The molecule has 2 saturated carbocycles. The first-order chi connectivity index (χ1) is 7.65. The Labute approximate surface area is 98.1 Å². The molecule has 2 heteroatoms. The normalized spacial score (nSPS) is 36.7.